The Morgan fingerprint density at radius 2 is 1.88 bits per heavy atom. The molecule has 6 heteroatoms. The largest absolute Gasteiger partial charge is 0.484 e. The molecule has 0 radical (unpaired) electrons. The van der Waals surface area contributed by atoms with E-state index in [0.29, 0.717) is 23.7 Å². The average Bonchev–Trinajstić information content (AvgIpc) is 3.11. The number of aromatic nitrogens is 1. The Morgan fingerprint density at radius 1 is 1.15 bits per heavy atom. The summed E-state index contributed by atoms with van der Waals surface area (Å²) in [6.07, 6.45) is 0.681. The lowest BCUT2D eigenvalue weighted by Crippen LogP contribution is -2.30. The van der Waals surface area contributed by atoms with Crippen molar-refractivity contribution in [3.05, 3.63) is 70.2 Å². The van der Waals surface area contributed by atoms with Gasteiger partial charge in [-0.15, -0.1) is 11.3 Å². The minimum Gasteiger partial charge on any atom is -0.484 e. The van der Waals surface area contributed by atoms with Crippen LogP contribution in [0.25, 0.3) is 10.6 Å². The number of halogens is 1. The summed E-state index contributed by atoms with van der Waals surface area (Å²) in [6, 6.07) is 15.2. The van der Waals surface area contributed by atoms with Crippen LogP contribution in [0.4, 0.5) is 0 Å². The standard InChI is InChI=1S/C20H19ClN2O2S/c1-14-2-8-18(9-3-14)25-12-19(24)22-11-10-17-13-26-20(23-17)15-4-6-16(21)7-5-15/h2-9,13H,10-12H2,1H3,(H,22,24). The highest BCUT2D eigenvalue weighted by Gasteiger charge is 2.06. The molecule has 0 aliphatic carbocycles. The molecule has 0 fully saturated rings. The van der Waals surface area contributed by atoms with Crippen LogP contribution in [-0.2, 0) is 11.2 Å². The van der Waals surface area contributed by atoms with Crippen molar-refractivity contribution in [3.8, 4) is 16.3 Å². The number of hydrogen-bond donors (Lipinski definition) is 1. The zero-order chi connectivity index (χ0) is 18.4. The maximum atomic E-state index is 11.9. The number of carbonyl (C=O) groups excluding carboxylic acids is 1. The molecule has 26 heavy (non-hydrogen) atoms. The molecule has 0 unspecified atom stereocenters. The lowest BCUT2D eigenvalue weighted by Gasteiger charge is -2.07. The number of carbonyl (C=O) groups is 1. The smallest absolute Gasteiger partial charge is 0.257 e. The van der Waals surface area contributed by atoms with Crippen LogP contribution in [-0.4, -0.2) is 24.0 Å². The van der Waals surface area contributed by atoms with Gasteiger partial charge in [0.15, 0.2) is 6.61 Å². The Kier molecular flexibility index (Phi) is 6.26. The van der Waals surface area contributed by atoms with E-state index in [9.17, 15) is 4.79 Å². The van der Waals surface area contributed by atoms with Gasteiger partial charge in [-0.25, -0.2) is 4.98 Å². The van der Waals surface area contributed by atoms with Gasteiger partial charge in [0.1, 0.15) is 10.8 Å². The van der Waals surface area contributed by atoms with Gasteiger partial charge in [-0.05, 0) is 31.2 Å². The maximum absolute atomic E-state index is 11.9. The fraction of sp³-hybridized carbons (Fsp3) is 0.200. The molecule has 1 aromatic heterocycles. The van der Waals surface area contributed by atoms with Crippen molar-refractivity contribution in [3.63, 3.8) is 0 Å². The molecule has 3 aromatic rings. The molecule has 0 bridgehead atoms. The number of rotatable bonds is 7. The van der Waals surface area contributed by atoms with E-state index in [2.05, 4.69) is 10.3 Å². The van der Waals surface area contributed by atoms with E-state index in [4.69, 9.17) is 16.3 Å². The molecular formula is C20H19ClN2O2S. The van der Waals surface area contributed by atoms with Gasteiger partial charge in [0.2, 0.25) is 0 Å². The van der Waals surface area contributed by atoms with Gasteiger partial charge in [0.05, 0.1) is 5.69 Å². The maximum Gasteiger partial charge on any atom is 0.257 e. The lowest BCUT2D eigenvalue weighted by molar-refractivity contribution is -0.123. The zero-order valence-electron chi connectivity index (χ0n) is 14.4. The molecule has 0 saturated carbocycles. The van der Waals surface area contributed by atoms with Crippen molar-refractivity contribution in [1.29, 1.82) is 0 Å². The van der Waals surface area contributed by atoms with Gasteiger partial charge in [0, 0.05) is 28.9 Å². The van der Waals surface area contributed by atoms with Crippen molar-refractivity contribution >= 4 is 28.8 Å². The molecule has 1 amide bonds. The van der Waals surface area contributed by atoms with E-state index in [1.54, 1.807) is 11.3 Å². The van der Waals surface area contributed by atoms with Crippen LogP contribution in [0.1, 0.15) is 11.3 Å². The fourth-order valence-electron chi connectivity index (χ4n) is 2.31. The number of nitrogens with zero attached hydrogens (tertiary/aromatic N) is 1. The zero-order valence-corrected chi connectivity index (χ0v) is 15.9. The highest BCUT2D eigenvalue weighted by molar-refractivity contribution is 7.13. The van der Waals surface area contributed by atoms with Gasteiger partial charge < -0.3 is 10.1 Å². The molecule has 1 heterocycles. The second-order valence-electron chi connectivity index (χ2n) is 5.85. The quantitative estimate of drug-likeness (QED) is 0.650. The van der Waals surface area contributed by atoms with E-state index in [1.165, 1.54) is 0 Å². The SMILES string of the molecule is Cc1ccc(OCC(=O)NCCc2csc(-c3ccc(Cl)cc3)n2)cc1. The predicted molar refractivity (Wildman–Crippen MR) is 106 cm³/mol. The molecule has 0 spiro atoms. The van der Waals surface area contributed by atoms with Crippen molar-refractivity contribution in [2.24, 2.45) is 0 Å². The molecule has 0 atom stereocenters. The minimum absolute atomic E-state index is 0.0101. The number of benzene rings is 2. The number of ether oxygens (including phenoxy) is 1. The van der Waals surface area contributed by atoms with E-state index >= 15 is 0 Å². The number of aryl methyl sites for hydroxylation is 1. The van der Waals surface area contributed by atoms with Crippen LogP contribution in [0.5, 0.6) is 5.75 Å². The fourth-order valence-corrected chi connectivity index (χ4v) is 3.30. The molecule has 1 N–H and O–H groups in total. The van der Waals surface area contributed by atoms with E-state index in [0.717, 1.165) is 21.8 Å². The van der Waals surface area contributed by atoms with Crippen LogP contribution in [0, 0.1) is 6.92 Å². The van der Waals surface area contributed by atoms with Crippen molar-refractivity contribution in [2.45, 2.75) is 13.3 Å². The van der Waals surface area contributed by atoms with Crippen molar-refractivity contribution in [1.82, 2.24) is 10.3 Å². The molecule has 0 aliphatic heterocycles. The Labute approximate surface area is 161 Å². The number of amides is 1. The molecule has 2 aromatic carbocycles. The number of nitrogens with one attached hydrogen (secondary N) is 1. The van der Waals surface area contributed by atoms with E-state index < -0.39 is 0 Å². The summed E-state index contributed by atoms with van der Waals surface area (Å²) < 4.78 is 5.46. The highest BCUT2D eigenvalue weighted by Crippen LogP contribution is 2.25. The monoisotopic (exact) mass is 386 g/mol. The van der Waals surface area contributed by atoms with Crippen LogP contribution in [0.2, 0.25) is 5.02 Å². The summed E-state index contributed by atoms with van der Waals surface area (Å²) in [4.78, 5) is 16.5. The summed E-state index contributed by atoms with van der Waals surface area (Å²) in [7, 11) is 0. The summed E-state index contributed by atoms with van der Waals surface area (Å²) in [5, 5.41) is 6.52. The van der Waals surface area contributed by atoms with Crippen LogP contribution in [0.3, 0.4) is 0 Å². The van der Waals surface area contributed by atoms with Gasteiger partial charge in [-0.1, -0.05) is 41.4 Å². The summed E-state index contributed by atoms with van der Waals surface area (Å²) in [5.74, 6) is 0.552. The first-order valence-electron chi connectivity index (χ1n) is 8.27. The van der Waals surface area contributed by atoms with Gasteiger partial charge in [0.25, 0.3) is 5.91 Å². The summed E-state index contributed by atoms with van der Waals surface area (Å²) >= 11 is 7.49. The molecule has 0 aliphatic rings. The second kappa shape index (κ2) is 8.83. The van der Waals surface area contributed by atoms with Crippen LogP contribution < -0.4 is 10.1 Å². The normalized spacial score (nSPS) is 10.5. The first-order valence-corrected chi connectivity index (χ1v) is 9.52. The number of thiazole rings is 1. The molecule has 134 valence electrons. The first kappa shape index (κ1) is 18.4. The Bertz CT molecular complexity index is 860. The lowest BCUT2D eigenvalue weighted by atomic mass is 10.2. The van der Waals surface area contributed by atoms with Crippen molar-refractivity contribution < 1.29 is 9.53 Å². The third-order valence-electron chi connectivity index (χ3n) is 3.74. The van der Waals surface area contributed by atoms with E-state index in [1.807, 2.05) is 60.8 Å². The summed E-state index contributed by atoms with van der Waals surface area (Å²) in [5.41, 5.74) is 3.16. The Morgan fingerprint density at radius 3 is 2.62 bits per heavy atom. The second-order valence-corrected chi connectivity index (χ2v) is 7.15. The van der Waals surface area contributed by atoms with Gasteiger partial charge in [-0.2, -0.15) is 0 Å². The predicted octanol–water partition coefficient (Wildman–Crippen LogP) is 4.51. The molecule has 3 rings (SSSR count). The van der Waals surface area contributed by atoms with Crippen LogP contribution in [0.15, 0.2) is 53.9 Å². The molecule has 0 saturated heterocycles. The topological polar surface area (TPSA) is 51.2 Å². The van der Waals surface area contributed by atoms with Gasteiger partial charge >= 0.3 is 0 Å². The minimum atomic E-state index is -0.140. The third-order valence-corrected chi connectivity index (χ3v) is 4.93. The summed E-state index contributed by atoms with van der Waals surface area (Å²) in [6.45, 7) is 2.54. The first-order chi connectivity index (χ1) is 12.6. The average molecular weight is 387 g/mol. The Balaban J connectivity index is 1.42. The van der Waals surface area contributed by atoms with E-state index in [-0.39, 0.29) is 12.5 Å². The van der Waals surface area contributed by atoms with Crippen molar-refractivity contribution in [2.75, 3.05) is 13.2 Å². The van der Waals surface area contributed by atoms with Crippen LogP contribution >= 0.6 is 22.9 Å². The van der Waals surface area contributed by atoms with Gasteiger partial charge in [-0.3, -0.25) is 4.79 Å². The molecular weight excluding hydrogens is 368 g/mol. The Hall–Kier alpha value is -2.37. The molecule has 4 nitrogen and oxygen atoms in total. The highest BCUT2D eigenvalue weighted by atomic mass is 35.5. The number of hydrogen-bond acceptors (Lipinski definition) is 4. The third kappa shape index (κ3) is 5.31.